The molecule has 0 saturated carbocycles. The quantitative estimate of drug-likeness (QED) is 0.386. The van der Waals surface area contributed by atoms with Crippen LogP contribution in [0.25, 0.3) is 0 Å². The molecule has 0 aromatic rings. The summed E-state index contributed by atoms with van der Waals surface area (Å²) in [5.41, 5.74) is 0.560. The second-order valence-electron chi connectivity index (χ2n) is 1.36. The smallest absolute Gasteiger partial charge is 0.0937 e. The Bertz CT molecular complexity index is 131. The van der Waals surface area contributed by atoms with Gasteiger partial charge < -0.3 is 0 Å². The summed E-state index contributed by atoms with van der Waals surface area (Å²) in [4.78, 5) is 0. The molecule has 48 valence electrons. The molecule has 0 radical (unpaired) electrons. The molecule has 0 spiro atoms. The van der Waals surface area contributed by atoms with Crippen LogP contribution >= 0.6 is 0 Å². The molecular formula is C8H11N. The summed E-state index contributed by atoms with van der Waals surface area (Å²) in [6, 6.07) is 1.83. The lowest BCUT2D eigenvalue weighted by Crippen LogP contribution is -1.51. The zero-order valence-corrected chi connectivity index (χ0v) is 5.72. The Morgan fingerprint density at radius 1 is 1.44 bits per heavy atom. The van der Waals surface area contributed by atoms with Gasteiger partial charge in [0.15, 0.2) is 0 Å². The molecule has 0 atom stereocenters. The van der Waals surface area contributed by atoms with Crippen molar-refractivity contribution in [2.45, 2.75) is 6.92 Å². The van der Waals surface area contributed by atoms with Crippen molar-refractivity contribution in [1.29, 1.82) is 5.26 Å². The number of hydrogen-bond donors (Lipinski definition) is 0. The van der Waals surface area contributed by atoms with Gasteiger partial charge in [-0.3, -0.25) is 0 Å². The van der Waals surface area contributed by atoms with Crippen LogP contribution in [0.2, 0.25) is 0 Å². The first-order valence-electron chi connectivity index (χ1n) is 2.48. The van der Waals surface area contributed by atoms with Gasteiger partial charge in [-0.2, -0.15) is 5.26 Å². The second-order valence-corrected chi connectivity index (χ2v) is 1.36. The largest absolute Gasteiger partial charge is 0.193 e. The highest BCUT2D eigenvalue weighted by molar-refractivity contribution is 5.11. The Morgan fingerprint density at radius 2 is 1.67 bits per heavy atom. The fourth-order valence-corrected chi connectivity index (χ4v) is 0. The summed E-state index contributed by atoms with van der Waals surface area (Å²) in [5, 5.41) is 7.79. The van der Waals surface area contributed by atoms with E-state index in [1.54, 1.807) is 19.1 Å². The van der Waals surface area contributed by atoms with Gasteiger partial charge in [-0.05, 0) is 6.92 Å². The molecule has 9 heavy (non-hydrogen) atoms. The first kappa shape index (κ1) is 10.6. The lowest BCUT2D eigenvalue weighted by Gasteiger charge is -1.61. The average Bonchev–Trinajstić information content (AvgIpc) is 1.89. The minimum atomic E-state index is 0.560. The summed E-state index contributed by atoms with van der Waals surface area (Å²) in [5.74, 6) is 0. The van der Waals surface area contributed by atoms with Crippen LogP contribution in [0, 0.1) is 11.3 Å². The van der Waals surface area contributed by atoms with Crippen LogP contribution < -0.4 is 0 Å². The van der Waals surface area contributed by atoms with Crippen molar-refractivity contribution < 1.29 is 0 Å². The molecular weight excluding hydrogens is 110 g/mol. The van der Waals surface area contributed by atoms with Crippen molar-refractivity contribution in [3.05, 3.63) is 37.5 Å². The molecule has 1 nitrogen and oxygen atoms in total. The molecule has 0 N–H and O–H groups in total. The summed E-state index contributed by atoms with van der Waals surface area (Å²) in [6.07, 6.45) is 3.28. The summed E-state index contributed by atoms with van der Waals surface area (Å²) < 4.78 is 0. The zero-order chi connectivity index (χ0) is 7.70. The molecule has 0 fully saturated rings. The van der Waals surface area contributed by atoms with Gasteiger partial charge in [0.1, 0.15) is 0 Å². The van der Waals surface area contributed by atoms with Gasteiger partial charge in [-0.1, -0.05) is 31.9 Å². The topological polar surface area (TPSA) is 23.8 Å². The molecule has 0 aliphatic heterocycles. The van der Waals surface area contributed by atoms with Crippen LogP contribution in [0.1, 0.15) is 6.92 Å². The van der Waals surface area contributed by atoms with Gasteiger partial charge in [0.25, 0.3) is 0 Å². The van der Waals surface area contributed by atoms with E-state index >= 15 is 0 Å². The van der Waals surface area contributed by atoms with Gasteiger partial charge in [0.05, 0.1) is 6.07 Å². The molecule has 0 aromatic carbocycles. The third-order valence-corrected chi connectivity index (χ3v) is 0.358. The van der Waals surface area contributed by atoms with Gasteiger partial charge >= 0.3 is 0 Å². The first-order chi connectivity index (χ1) is 4.18. The molecule has 0 saturated heterocycles. The number of allylic oxidation sites excluding steroid dienone is 3. The third kappa shape index (κ3) is 50.9. The molecule has 0 aromatic heterocycles. The SMILES string of the molecule is C=C(C)C#N.C=CC=C. The van der Waals surface area contributed by atoms with Crippen LogP contribution in [-0.4, -0.2) is 0 Å². The van der Waals surface area contributed by atoms with Crippen LogP contribution in [0.15, 0.2) is 37.5 Å². The van der Waals surface area contributed by atoms with Crippen molar-refractivity contribution in [3.63, 3.8) is 0 Å². The van der Waals surface area contributed by atoms with Crippen molar-refractivity contribution in [3.8, 4) is 6.07 Å². The monoisotopic (exact) mass is 121 g/mol. The van der Waals surface area contributed by atoms with E-state index in [0.717, 1.165) is 0 Å². The molecule has 0 heterocycles. The van der Waals surface area contributed by atoms with E-state index < -0.39 is 0 Å². The van der Waals surface area contributed by atoms with Gasteiger partial charge in [-0.25, -0.2) is 0 Å². The van der Waals surface area contributed by atoms with Gasteiger partial charge in [-0.15, -0.1) is 0 Å². The van der Waals surface area contributed by atoms with Crippen LogP contribution in [0.3, 0.4) is 0 Å². The van der Waals surface area contributed by atoms with Crippen LogP contribution in [0.5, 0.6) is 0 Å². The number of hydrogen-bond acceptors (Lipinski definition) is 1. The third-order valence-electron chi connectivity index (χ3n) is 0.358. The predicted octanol–water partition coefficient (Wildman–Crippen LogP) is 2.44. The summed E-state index contributed by atoms with van der Waals surface area (Å²) in [7, 11) is 0. The van der Waals surface area contributed by atoms with E-state index in [-0.39, 0.29) is 0 Å². The van der Waals surface area contributed by atoms with E-state index in [0.29, 0.717) is 5.57 Å². The van der Waals surface area contributed by atoms with Crippen LogP contribution in [-0.2, 0) is 0 Å². The number of nitriles is 1. The maximum absolute atomic E-state index is 7.79. The van der Waals surface area contributed by atoms with E-state index in [1.807, 2.05) is 6.07 Å². The Kier molecular flexibility index (Phi) is 11.7. The molecule has 0 unspecified atom stereocenters. The molecule has 0 bridgehead atoms. The van der Waals surface area contributed by atoms with Crippen molar-refractivity contribution in [2.24, 2.45) is 0 Å². The first-order valence-corrected chi connectivity index (χ1v) is 2.48. The van der Waals surface area contributed by atoms with Gasteiger partial charge in [0.2, 0.25) is 0 Å². The van der Waals surface area contributed by atoms with E-state index in [4.69, 9.17) is 5.26 Å². The Balaban J connectivity index is 0. The lowest BCUT2D eigenvalue weighted by molar-refractivity contribution is 1.46. The van der Waals surface area contributed by atoms with Crippen molar-refractivity contribution in [1.82, 2.24) is 0 Å². The van der Waals surface area contributed by atoms with Crippen molar-refractivity contribution >= 4 is 0 Å². The predicted molar refractivity (Wildman–Crippen MR) is 40.8 cm³/mol. The normalized spacial score (nSPS) is 5.33. The minimum absolute atomic E-state index is 0.560. The Labute approximate surface area is 56.6 Å². The van der Waals surface area contributed by atoms with Crippen LogP contribution in [0.4, 0.5) is 0 Å². The lowest BCUT2D eigenvalue weighted by atomic mass is 10.4. The number of rotatable bonds is 1. The van der Waals surface area contributed by atoms with E-state index in [9.17, 15) is 0 Å². The number of nitrogens with zero attached hydrogens (tertiary/aromatic N) is 1. The summed E-state index contributed by atoms with van der Waals surface area (Å²) >= 11 is 0. The van der Waals surface area contributed by atoms with Gasteiger partial charge in [0, 0.05) is 5.57 Å². The highest BCUT2D eigenvalue weighted by atomic mass is 14.2. The van der Waals surface area contributed by atoms with Crippen molar-refractivity contribution in [2.75, 3.05) is 0 Å². The zero-order valence-electron chi connectivity index (χ0n) is 5.72. The molecule has 0 amide bonds. The molecule has 0 aliphatic carbocycles. The highest BCUT2D eigenvalue weighted by Crippen LogP contribution is 1.74. The Hall–Kier alpha value is -1.29. The maximum atomic E-state index is 7.79. The second kappa shape index (κ2) is 9.86. The highest BCUT2D eigenvalue weighted by Gasteiger charge is 1.64. The molecule has 0 aliphatic rings. The van der Waals surface area contributed by atoms with E-state index in [2.05, 4.69) is 19.7 Å². The fourth-order valence-electron chi connectivity index (χ4n) is 0. The Morgan fingerprint density at radius 3 is 1.67 bits per heavy atom. The van der Waals surface area contributed by atoms with E-state index in [1.165, 1.54) is 0 Å². The maximum Gasteiger partial charge on any atom is 0.0937 e. The minimum Gasteiger partial charge on any atom is -0.193 e. The fraction of sp³-hybridized carbons (Fsp3) is 0.125. The summed E-state index contributed by atoms with van der Waals surface area (Å²) in [6.45, 7) is 11.7. The molecule has 1 heteroatoms. The average molecular weight is 121 g/mol. The standard InChI is InChI=1S/C4H5N.C4H6/c1-4(2)3-5;1-3-4-2/h1H2,2H3;3-4H,1-2H2. The molecule has 0 rings (SSSR count).